The molecule has 0 fully saturated rings. The number of alkyl halides is 2. The molecule has 0 aliphatic carbocycles. The van der Waals surface area contributed by atoms with E-state index in [9.17, 15) is 18.9 Å². The number of rotatable bonds is 3. The maximum atomic E-state index is 12.5. The van der Waals surface area contributed by atoms with Crippen LogP contribution < -0.4 is 4.74 Å². The van der Waals surface area contributed by atoms with Gasteiger partial charge in [-0.15, -0.1) is 0 Å². The van der Waals surface area contributed by atoms with Crippen molar-refractivity contribution in [2.45, 2.75) is 6.43 Å². The van der Waals surface area contributed by atoms with Crippen LogP contribution in [0.3, 0.4) is 0 Å². The van der Waals surface area contributed by atoms with Gasteiger partial charge in [-0.2, -0.15) is 0 Å². The number of nitro groups is 1. The molecule has 0 amide bonds. The highest BCUT2D eigenvalue weighted by Gasteiger charge is 2.27. The summed E-state index contributed by atoms with van der Waals surface area (Å²) in [5, 5.41) is 9.96. The van der Waals surface area contributed by atoms with E-state index in [1.54, 1.807) is 0 Å². The van der Waals surface area contributed by atoms with E-state index in [1.807, 2.05) is 0 Å². The monoisotopic (exact) mass is 238 g/mol. The lowest BCUT2D eigenvalue weighted by molar-refractivity contribution is -0.386. The molecule has 0 radical (unpaired) electrons. The van der Waals surface area contributed by atoms with Gasteiger partial charge in [0.2, 0.25) is 5.75 Å². The van der Waals surface area contributed by atoms with Crippen LogP contribution in [0.5, 0.6) is 5.75 Å². The Morgan fingerprint density at radius 2 is 2.27 bits per heavy atom. The summed E-state index contributed by atoms with van der Waals surface area (Å²) in [5.74, 6) is -0.560. The molecule has 1 rings (SSSR count). The first-order chi connectivity index (χ1) is 6.99. The van der Waals surface area contributed by atoms with Crippen molar-refractivity contribution in [2.75, 3.05) is 7.11 Å². The summed E-state index contributed by atoms with van der Waals surface area (Å²) in [4.78, 5) is 12.9. The van der Waals surface area contributed by atoms with Crippen molar-refractivity contribution < 1.29 is 18.4 Å². The number of aromatic nitrogens is 1. The van der Waals surface area contributed by atoms with Crippen LogP contribution in [-0.2, 0) is 0 Å². The van der Waals surface area contributed by atoms with Crippen LogP contribution >= 0.6 is 11.6 Å². The van der Waals surface area contributed by atoms with Crippen LogP contribution in [0.25, 0.3) is 0 Å². The highest BCUT2D eigenvalue weighted by atomic mass is 35.5. The SMILES string of the molecule is COc1c([N+](=O)[O-])cnc(Cl)c1C(F)F. The van der Waals surface area contributed by atoms with Gasteiger partial charge in [0.15, 0.2) is 0 Å². The Morgan fingerprint density at radius 1 is 1.67 bits per heavy atom. The van der Waals surface area contributed by atoms with Gasteiger partial charge in [-0.25, -0.2) is 13.8 Å². The normalized spacial score (nSPS) is 10.5. The topological polar surface area (TPSA) is 65.3 Å². The number of methoxy groups -OCH3 is 1. The Balaban J connectivity index is 3.47. The summed E-state index contributed by atoms with van der Waals surface area (Å²) in [5.41, 5.74) is -1.41. The molecule has 1 heterocycles. The lowest BCUT2D eigenvalue weighted by Crippen LogP contribution is -2.01. The van der Waals surface area contributed by atoms with Crippen molar-refractivity contribution in [3.63, 3.8) is 0 Å². The maximum Gasteiger partial charge on any atom is 0.329 e. The Bertz CT molecular complexity index is 400. The zero-order valence-electron chi connectivity index (χ0n) is 7.41. The summed E-state index contributed by atoms with van der Waals surface area (Å²) >= 11 is 5.39. The molecule has 5 nitrogen and oxygen atoms in total. The van der Waals surface area contributed by atoms with E-state index < -0.39 is 33.5 Å². The van der Waals surface area contributed by atoms with Crippen molar-refractivity contribution in [1.29, 1.82) is 0 Å². The molecule has 0 aliphatic rings. The van der Waals surface area contributed by atoms with Gasteiger partial charge < -0.3 is 4.74 Å². The number of ether oxygens (including phenoxy) is 1. The molecule has 1 aromatic rings. The van der Waals surface area contributed by atoms with Gasteiger partial charge in [-0.1, -0.05) is 11.6 Å². The van der Waals surface area contributed by atoms with Crippen LogP contribution in [0.4, 0.5) is 14.5 Å². The first-order valence-corrected chi connectivity index (χ1v) is 4.01. The summed E-state index contributed by atoms with van der Waals surface area (Å²) in [6, 6.07) is 0. The van der Waals surface area contributed by atoms with Crippen LogP contribution in [0.1, 0.15) is 12.0 Å². The molecular formula is C7H5ClF2N2O3. The van der Waals surface area contributed by atoms with Crippen molar-refractivity contribution in [3.8, 4) is 5.75 Å². The predicted molar refractivity (Wildman–Crippen MR) is 47.4 cm³/mol. The third kappa shape index (κ3) is 2.12. The molecule has 0 saturated heterocycles. The minimum absolute atomic E-state index is 0.507. The van der Waals surface area contributed by atoms with E-state index >= 15 is 0 Å². The van der Waals surface area contributed by atoms with Crippen LogP contribution in [0.2, 0.25) is 5.15 Å². The zero-order valence-corrected chi connectivity index (χ0v) is 8.16. The third-order valence-electron chi connectivity index (χ3n) is 1.62. The number of pyridine rings is 1. The highest BCUT2D eigenvalue weighted by Crippen LogP contribution is 2.39. The van der Waals surface area contributed by atoms with Crippen LogP contribution in [0.15, 0.2) is 6.20 Å². The smallest absolute Gasteiger partial charge is 0.329 e. The van der Waals surface area contributed by atoms with Gasteiger partial charge in [0.25, 0.3) is 6.43 Å². The van der Waals surface area contributed by atoms with E-state index in [4.69, 9.17) is 11.6 Å². The van der Waals surface area contributed by atoms with Gasteiger partial charge in [-0.3, -0.25) is 10.1 Å². The van der Waals surface area contributed by atoms with Crippen LogP contribution in [-0.4, -0.2) is 17.0 Å². The van der Waals surface area contributed by atoms with E-state index in [-0.39, 0.29) is 0 Å². The van der Waals surface area contributed by atoms with E-state index in [0.717, 1.165) is 13.3 Å². The molecule has 15 heavy (non-hydrogen) atoms. The summed E-state index contributed by atoms with van der Waals surface area (Å²) < 4.78 is 29.5. The molecule has 0 aliphatic heterocycles. The highest BCUT2D eigenvalue weighted by molar-refractivity contribution is 6.30. The molecule has 0 unspecified atom stereocenters. The molecule has 0 saturated carbocycles. The van der Waals surface area contributed by atoms with E-state index in [1.165, 1.54) is 0 Å². The molecule has 82 valence electrons. The average Bonchev–Trinajstić information content (AvgIpc) is 2.15. The molecule has 0 atom stereocenters. The fraction of sp³-hybridized carbons (Fsp3) is 0.286. The van der Waals surface area contributed by atoms with Crippen LogP contribution in [0, 0.1) is 10.1 Å². The zero-order chi connectivity index (χ0) is 11.6. The number of nitrogens with zero attached hydrogens (tertiary/aromatic N) is 2. The van der Waals surface area contributed by atoms with Gasteiger partial charge in [0, 0.05) is 0 Å². The summed E-state index contributed by atoms with van der Waals surface area (Å²) in [6.07, 6.45) is -2.22. The second-order valence-electron chi connectivity index (χ2n) is 2.44. The Hall–Kier alpha value is -1.50. The Kier molecular flexibility index (Phi) is 3.35. The predicted octanol–water partition coefficient (Wildman–Crippen LogP) is 2.59. The van der Waals surface area contributed by atoms with Crippen molar-refractivity contribution >= 4 is 17.3 Å². The number of hydrogen-bond donors (Lipinski definition) is 0. The minimum Gasteiger partial charge on any atom is -0.490 e. The second kappa shape index (κ2) is 4.35. The molecule has 0 N–H and O–H groups in total. The minimum atomic E-state index is -2.99. The number of hydrogen-bond acceptors (Lipinski definition) is 4. The standard InChI is InChI=1S/C7H5ClF2N2O3/c1-15-5-3(12(13)14)2-11-6(8)4(5)7(9)10/h2,7H,1H3. The fourth-order valence-corrected chi connectivity index (χ4v) is 1.23. The lowest BCUT2D eigenvalue weighted by atomic mass is 10.2. The molecule has 8 heteroatoms. The Morgan fingerprint density at radius 3 is 2.67 bits per heavy atom. The summed E-state index contributed by atoms with van der Waals surface area (Å²) in [6.45, 7) is 0. The van der Waals surface area contributed by atoms with Gasteiger partial charge in [0.1, 0.15) is 16.9 Å². The van der Waals surface area contributed by atoms with Gasteiger partial charge in [0.05, 0.1) is 12.0 Å². The lowest BCUT2D eigenvalue weighted by Gasteiger charge is -2.08. The molecule has 0 bridgehead atoms. The molecule has 1 aromatic heterocycles. The molecule has 0 spiro atoms. The van der Waals surface area contributed by atoms with E-state index in [2.05, 4.69) is 9.72 Å². The fourth-order valence-electron chi connectivity index (χ4n) is 1.01. The van der Waals surface area contributed by atoms with Crippen molar-refractivity contribution in [1.82, 2.24) is 4.98 Å². The first kappa shape index (κ1) is 11.6. The maximum absolute atomic E-state index is 12.5. The Labute approximate surface area is 87.8 Å². The van der Waals surface area contributed by atoms with Crippen molar-refractivity contribution in [2.24, 2.45) is 0 Å². The molecular weight excluding hydrogens is 234 g/mol. The van der Waals surface area contributed by atoms with E-state index in [0.29, 0.717) is 0 Å². The second-order valence-corrected chi connectivity index (χ2v) is 2.80. The quantitative estimate of drug-likeness (QED) is 0.461. The van der Waals surface area contributed by atoms with Crippen molar-refractivity contribution in [3.05, 3.63) is 27.0 Å². The molecule has 0 aromatic carbocycles. The third-order valence-corrected chi connectivity index (χ3v) is 1.92. The van der Waals surface area contributed by atoms with Gasteiger partial charge in [-0.05, 0) is 0 Å². The van der Waals surface area contributed by atoms with Gasteiger partial charge >= 0.3 is 5.69 Å². The largest absolute Gasteiger partial charge is 0.490 e. The number of halogens is 3. The average molecular weight is 239 g/mol. The summed E-state index contributed by atoms with van der Waals surface area (Å²) in [7, 11) is 1.05. The first-order valence-electron chi connectivity index (χ1n) is 3.64.